The first-order valence-corrected chi connectivity index (χ1v) is 11.5. The molecular formula is C21H27BrN6O4. The van der Waals surface area contributed by atoms with Crippen molar-refractivity contribution in [1.29, 1.82) is 0 Å². The minimum atomic E-state index is -0.371. The molecule has 4 rings (SSSR count). The van der Waals surface area contributed by atoms with Crippen LogP contribution in [0.15, 0.2) is 33.8 Å². The third-order valence-electron chi connectivity index (χ3n) is 6.15. The number of anilines is 3. The van der Waals surface area contributed by atoms with E-state index in [-0.39, 0.29) is 28.0 Å². The molecule has 1 N–H and O–H groups in total. The lowest BCUT2D eigenvalue weighted by molar-refractivity contribution is -0.384. The maximum atomic E-state index is 12.3. The number of nitrogens with zero attached hydrogens (tertiary/aromatic N) is 5. The maximum Gasteiger partial charge on any atom is 0.294 e. The number of hydrogen-bond acceptors (Lipinski definition) is 8. The van der Waals surface area contributed by atoms with Crippen molar-refractivity contribution in [3.8, 4) is 0 Å². The summed E-state index contributed by atoms with van der Waals surface area (Å²) in [5.41, 5.74) is 0.720. The van der Waals surface area contributed by atoms with Gasteiger partial charge in [0.1, 0.15) is 10.3 Å². The van der Waals surface area contributed by atoms with E-state index >= 15 is 0 Å². The van der Waals surface area contributed by atoms with Gasteiger partial charge in [-0.1, -0.05) is 0 Å². The molecule has 2 aliphatic rings. The number of hydrogen-bond donors (Lipinski definition) is 1. The zero-order valence-corrected chi connectivity index (χ0v) is 19.7. The van der Waals surface area contributed by atoms with Crippen molar-refractivity contribution in [3.05, 3.63) is 49.5 Å². The van der Waals surface area contributed by atoms with Crippen LogP contribution < -0.4 is 15.8 Å². The van der Waals surface area contributed by atoms with Crippen LogP contribution in [0.25, 0.3) is 0 Å². The molecule has 2 aliphatic heterocycles. The van der Waals surface area contributed by atoms with Crippen molar-refractivity contribution < 1.29 is 9.66 Å². The van der Waals surface area contributed by atoms with Gasteiger partial charge in [0.15, 0.2) is 5.82 Å². The first-order chi connectivity index (χ1) is 15.3. The van der Waals surface area contributed by atoms with Crippen LogP contribution in [0.3, 0.4) is 0 Å². The second kappa shape index (κ2) is 9.55. The third kappa shape index (κ3) is 4.79. The summed E-state index contributed by atoms with van der Waals surface area (Å²) < 4.78 is 7.36. The summed E-state index contributed by atoms with van der Waals surface area (Å²) in [5, 5.41) is 14.8. The Kier molecular flexibility index (Phi) is 6.77. The molecule has 0 radical (unpaired) electrons. The number of benzene rings is 1. The number of nitrogens with one attached hydrogen (secondary N) is 1. The monoisotopic (exact) mass is 506 g/mol. The number of ether oxygens (including phenoxy) is 1. The van der Waals surface area contributed by atoms with Crippen LogP contribution in [0, 0.1) is 10.1 Å². The molecule has 1 aromatic heterocycles. The highest BCUT2D eigenvalue weighted by Gasteiger charge is 2.32. The summed E-state index contributed by atoms with van der Waals surface area (Å²) in [5.74, 6) is 0.0994. The number of aromatic nitrogens is 2. The van der Waals surface area contributed by atoms with Gasteiger partial charge in [0.05, 0.1) is 4.92 Å². The summed E-state index contributed by atoms with van der Waals surface area (Å²) in [6, 6.07) is 5.64. The molecule has 2 aromatic rings. The highest BCUT2D eigenvalue weighted by atomic mass is 79.9. The fourth-order valence-corrected chi connectivity index (χ4v) is 4.99. The number of aryl methyl sites for hydroxylation is 1. The Morgan fingerprint density at radius 2 is 2.03 bits per heavy atom. The fraction of sp³-hybridized carbons (Fsp3) is 0.524. The minimum Gasteiger partial charge on any atom is -0.381 e. The molecule has 3 heterocycles. The second-order valence-electron chi connectivity index (χ2n) is 8.29. The molecule has 172 valence electrons. The fourth-order valence-electron chi connectivity index (χ4n) is 4.50. The van der Waals surface area contributed by atoms with E-state index in [4.69, 9.17) is 4.74 Å². The third-order valence-corrected chi connectivity index (χ3v) is 6.53. The zero-order valence-electron chi connectivity index (χ0n) is 18.2. The molecule has 0 saturated carbocycles. The summed E-state index contributed by atoms with van der Waals surface area (Å²) >= 11 is 3.27. The lowest BCUT2D eigenvalue weighted by Gasteiger charge is -2.45. The predicted molar refractivity (Wildman–Crippen MR) is 126 cm³/mol. The molecule has 2 fully saturated rings. The average molecular weight is 507 g/mol. The molecular weight excluding hydrogens is 480 g/mol. The van der Waals surface area contributed by atoms with Crippen molar-refractivity contribution >= 4 is 38.8 Å². The maximum absolute atomic E-state index is 12.3. The molecule has 1 aromatic carbocycles. The standard InChI is InChI=1S/C21H27BrN6O4/c1-14-12-26(16-5-9-32-10-6-16)7-8-27(14)17-4-3-15(11-18(17)28(30)31)23-20-21(29)25(2)13-19(22)24-20/h3-4,11,13-14,16H,5-10,12H2,1-2H3,(H,23,24). The van der Waals surface area contributed by atoms with Gasteiger partial charge in [0, 0.05) is 69.9 Å². The van der Waals surface area contributed by atoms with Gasteiger partial charge in [-0.2, -0.15) is 0 Å². The van der Waals surface area contributed by atoms with Crippen molar-refractivity contribution in [2.45, 2.75) is 31.8 Å². The van der Waals surface area contributed by atoms with Crippen LogP contribution in [-0.2, 0) is 11.8 Å². The number of halogens is 1. The van der Waals surface area contributed by atoms with Crippen molar-refractivity contribution in [3.63, 3.8) is 0 Å². The Labute approximate surface area is 194 Å². The highest BCUT2D eigenvalue weighted by molar-refractivity contribution is 9.10. The molecule has 1 unspecified atom stereocenters. The lowest BCUT2D eigenvalue weighted by Crippen LogP contribution is -2.56. The molecule has 0 aliphatic carbocycles. The van der Waals surface area contributed by atoms with E-state index in [0.29, 0.717) is 22.0 Å². The minimum absolute atomic E-state index is 0.00758. The number of piperazine rings is 1. The Hall–Kier alpha value is -2.50. The first kappa shape index (κ1) is 22.7. The van der Waals surface area contributed by atoms with E-state index < -0.39 is 0 Å². The SMILES string of the molecule is CC1CN(C2CCOCC2)CCN1c1ccc(Nc2nc(Br)cn(C)c2=O)cc1[N+](=O)[O-]. The first-order valence-electron chi connectivity index (χ1n) is 10.7. The van der Waals surface area contributed by atoms with E-state index in [0.717, 1.165) is 45.7 Å². The summed E-state index contributed by atoms with van der Waals surface area (Å²) in [6.45, 7) is 6.16. The van der Waals surface area contributed by atoms with Gasteiger partial charge in [0.25, 0.3) is 11.2 Å². The average Bonchev–Trinajstić information content (AvgIpc) is 2.78. The van der Waals surface area contributed by atoms with Crippen molar-refractivity contribution in [2.24, 2.45) is 7.05 Å². The Balaban J connectivity index is 1.55. The van der Waals surface area contributed by atoms with Gasteiger partial charge in [0.2, 0.25) is 0 Å². The normalized spacial score (nSPS) is 20.3. The molecule has 0 spiro atoms. The van der Waals surface area contributed by atoms with Crippen molar-refractivity contribution in [2.75, 3.05) is 43.1 Å². The highest BCUT2D eigenvalue weighted by Crippen LogP contribution is 2.34. The van der Waals surface area contributed by atoms with Gasteiger partial charge < -0.3 is 19.5 Å². The molecule has 2 saturated heterocycles. The Morgan fingerprint density at radius 1 is 1.28 bits per heavy atom. The van der Waals surface area contributed by atoms with Gasteiger partial charge in [-0.25, -0.2) is 4.98 Å². The smallest absolute Gasteiger partial charge is 0.294 e. The Morgan fingerprint density at radius 3 is 2.72 bits per heavy atom. The summed E-state index contributed by atoms with van der Waals surface area (Å²) in [6.07, 6.45) is 3.63. The lowest BCUT2D eigenvalue weighted by atomic mass is 10.0. The zero-order chi connectivity index (χ0) is 22.8. The van der Waals surface area contributed by atoms with Crippen LogP contribution in [0.1, 0.15) is 19.8 Å². The summed E-state index contributed by atoms with van der Waals surface area (Å²) in [7, 11) is 1.62. The van der Waals surface area contributed by atoms with Gasteiger partial charge in [-0.3, -0.25) is 19.8 Å². The quantitative estimate of drug-likeness (QED) is 0.487. The van der Waals surface area contributed by atoms with E-state index in [1.807, 2.05) is 0 Å². The largest absolute Gasteiger partial charge is 0.381 e. The van der Waals surface area contributed by atoms with Gasteiger partial charge in [-0.15, -0.1) is 0 Å². The second-order valence-corrected chi connectivity index (χ2v) is 9.11. The van der Waals surface area contributed by atoms with E-state index in [2.05, 4.69) is 43.0 Å². The number of nitro benzene ring substituents is 1. The molecule has 0 bridgehead atoms. The molecule has 0 amide bonds. The number of rotatable bonds is 5. The Bertz CT molecular complexity index is 1060. The number of nitro groups is 1. The van der Waals surface area contributed by atoms with E-state index in [1.165, 1.54) is 10.6 Å². The van der Waals surface area contributed by atoms with Crippen LogP contribution in [-0.4, -0.2) is 64.3 Å². The van der Waals surface area contributed by atoms with E-state index in [9.17, 15) is 14.9 Å². The summed E-state index contributed by atoms with van der Waals surface area (Å²) in [4.78, 5) is 32.6. The topological polar surface area (TPSA) is 106 Å². The molecule has 32 heavy (non-hydrogen) atoms. The van der Waals surface area contributed by atoms with Crippen LogP contribution in [0.5, 0.6) is 0 Å². The van der Waals surface area contributed by atoms with Gasteiger partial charge >= 0.3 is 0 Å². The van der Waals surface area contributed by atoms with Crippen LogP contribution >= 0.6 is 15.9 Å². The molecule has 10 nitrogen and oxygen atoms in total. The van der Waals surface area contributed by atoms with Crippen LogP contribution in [0.2, 0.25) is 0 Å². The van der Waals surface area contributed by atoms with Gasteiger partial charge in [-0.05, 0) is 47.8 Å². The van der Waals surface area contributed by atoms with Crippen molar-refractivity contribution in [1.82, 2.24) is 14.5 Å². The van der Waals surface area contributed by atoms with E-state index in [1.54, 1.807) is 25.4 Å². The molecule has 11 heteroatoms. The van der Waals surface area contributed by atoms with Crippen LogP contribution in [0.4, 0.5) is 22.9 Å². The molecule has 1 atom stereocenters. The predicted octanol–water partition coefficient (Wildman–Crippen LogP) is 2.88.